The van der Waals surface area contributed by atoms with Crippen LogP contribution in [0.25, 0.3) is 0 Å². The van der Waals surface area contributed by atoms with Crippen LogP contribution in [0.2, 0.25) is 0 Å². The van der Waals surface area contributed by atoms with E-state index in [0.29, 0.717) is 13.1 Å². The summed E-state index contributed by atoms with van der Waals surface area (Å²) in [7, 11) is -3.47. The predicted octanol–water partition coefficient (Wildman–Crippen LogP) is 1.04. The first-order chi connectivity index (χ1) is 9.49. The summed E-state index contributed by atoms with van der Waals surface area (Å²) in [5.41, 5.74) is 5.42. The molecular formula is C12H24N4O2S2. The summed E-state index contributed by atoms with van der Waals surface area (Å²) in [4.78, 5) is 0.213. The maximum Gasteiger partial charge on any atom is 0.243 e. The average Bonchev–Trinajstić information content (AvgIpc) is 2.85. The van der Waals surface area contributed by atoms with E-state index in [4.69, 9.17) is 5.73 Å². The number of aryl methyl sites for hydroxylation is 1. The lowest BCUT2D eigenvalue weighted by Crippen LogP contribution is -2.32. The molecule has 0 aliphatic rings. The van der Waals surface area contributed by atoms with Crippen LogP contribution in [-0.2, 0) is 16.6 Å². The Morgan fingerprint density at radius 2 is 2.30 bits per heavy atom. The maximum absolute atomic E-state index is 12.2. The van der Waals surface area contributed by atoms with Crippen LogP contribution in [0, 0.1) is 0 Å². The lowest BCUT2D eigenvalue weighted by atomic mass is 10.3. The van der Waals surface area contributed by atoms with E-state index in [2.05, 4.69) is 16.7 Å². The van der Waals surface area contributed by atoms with Crippen molar-refractivity contribution in [3.63, 3.8) is 0 Å². The number of sulfonamides is 1. The van der Waals surface area contributed by atoms with Crippen molar-refractivity contribution in [2.24, 2.45) is 5.73 Å². The van der Waals surface area contributed by atoms with Crippen molar-refractivity contribution in [3.05, 3.63) is 12.4 Å². The number of nitrogens with zero attached hydrogens (tertiary/aromatic N) is 2. The van der Waals surface area contributed by atoms with Crippen molar-refractivity contribution in [2.75, 3.05) is 18.1 Å². The fraction of sp³-hybridized carbons (Fsp3) is 0.750. The van der Waals surface area contributed by atoms with E-state index in [-0.39, 0.29) is 10.9 Å². The van der Waals surface area contributed by atoms with Crippen molar-refractivity contribution in [2.45, 2.75) is 44.2 Å². The average molecular weight is 320 g/mol. The van der Waals surface area contributed by atoms with Gasteiger partial charge in [-0.05, 0) is 37.8 Å². The van der Waals surface area contributed by atoms with E-state index in [1.54, 1.807) is 10.9 Å². The van der Waals surface area contributed by atoms with Gasteiger partial charge in [-0.3, -0.25) is 4.68 Å². The zero-order chi connectivity index (χ0) is 15.0. The summed E-state index contributed by atoms with van der Waals surface area (Å²) >= 11 is 1.81. The molecule has 0 aliphatic heterocycles. The molecule has 1 aromatic rings. The summed E-state index contributed by atoms with van der Waals surface area (Å²) in [6.07, 6.45) is 4.52. The molecule has 0 fully saturated rings. The fourth-order valence-corrected chi connectivity index (χ4v) is 3.69. The van der Waals surface area contributed by atoms with Crippen molar-refractivity contribution in [1.82, 2.24) is 14.5 Å². The highest BCUT2D eigenvalue weighted by Crippen LogP contribution is 2.10. The molecule has 6 nitrogen and oxygen atoms in total. The summed E-state index contributed by atoms with van der Waals surface area (Å²) < 4.78 is 28.6. The Labute approximate surface area is 125 Å². The Morgan fingerprint density at radius 1 is 1.55 bits per heavy atom. The third kappa shape index (κ3) is 5.82. The standard InChI is InChI=1S/C12H24N4O2S2/c1-3-19-8-5-11(2)15-20(17,18)12-9-14-16(10-12)7-4-6-13/h9-11,15H,3-8,13H2,1-2H3. The minimum atomic E-state index is -3.47. The highest BCUT2D eigenvalue weighted by Gasteiger charge is 2.19. The van der Waals surface area contributed by atoms with Gasteiger partial charge in [-0.1, -0.05) is 6.92 Å². The Morgan fingerprint density at radius 3 is 2.95 bits per heavy atom. The molecule has 1 rings (SSSR count). The first-order valence-electron chi connectivity index (χ1n) is 6.82. The molecule has 0 aliphatic carbocycles. The van der Waals surface area contributed by atoms with Crippen LogP contribution in [0.3, 0.4) is 0 Å². The molecule has 116 valence electrons. The molecule has 0 saturated heterocycles. The van der Waals surface area contributed by atoms with Crippen molar-refractivity contribution in [3.8, 4) is 0 Å². The first kappa shape index (κ1) is 17.5. The third-order valence-electron chi connectivity index (χ3n) is 2.77. The smallest absolute Gasteiger partial charge is 0.243 e. The zero-order valence-corrected chi connectivity index (χ0v) is 13.7. The van der Waals surface area contributed by atoms with E-state index >= 15 is 0 Å². The van der Waals surface area contributed by atoms with Crippen molar-refractivity contribution in [1.29, 1.82) is 0 Å². The second-order valence-electron chi connectivity index (χ2n) is 4.59. The summed E-state index contributed by atoms with van der Waals surface area (Å²) in [6, 6.07) is -0.0774. The Balaban J connectivity index is 2.57. The van der Waals surface area contributed by atoms with Crippen LogP contribution >= 0.6 is 11.8 Å². The van der Waals surface area contributed by atoms with Gasteiger partial charge in [0.2, 0.25) is 10.0 Å². The van der Waals surface area contributed by atoms with Gasteiger partial charge in [0.1, 0.15) is 4.90 Å². The summed E-state index contributed by atoms with van der Waals surface area (Å²) in [6.45, 7) is 5.17. The number of hydrogen-bond acceptors (Lipinski definition) is 5. The van der Waals surface area contributed by atoms with E-state index in [9.17, 15) is 8.42 Å². The number of nitrogens with two attached hydrogens (primary N) is 1. The van der Waals surface area contributed by atoms with Gasteiger partial charge in [0.15, 0.2) is 0 Å². The normalized spacial score (nSPS) is 13.6. The Bertz CT molecular complexity index is 487. The van der Waals surface area contributed by atoms with E-state index in [0.717, 1.165) is 24.3 Å². The van der Waals surface area contributed by atoms with Crippen LogP contribution in [0.4, 0.5) is 0 Å². The molecule has 0 aromatic carbocycles. The topological polar surface area (TPSA) is 90.0 Å². The van der Waals surface area contributed by atoms with Crippen LogP contribution in [0.5, 0.6) is 0 Å². The lowest BCUT2D eigenvalue weighted by Gasteiger charge is -2.12. The molecule has 0 amide bonds. The minimum Gasteiger partial charge on any atom is -0.330 e. The molecule has 1 unspecified atom stereocenters. The van der Waals surface area contributed by atoms with Gasteiger partial charge < -0.3 is 5.73 Å². The predicted molar refractivity (Wildman–Crippen MR) is 83.3 cm³/mol. The highest BCUT2D eigenvalue weighted by molar-refractivity contribution is 7.99. The van der Waals surface area contributed by atoms with E-state index < -0.39 is 10.0 Å². The number of aromatic nitrogens is 2. The van der Waals surface area contributed by atoms with Gasteiger partial charge >= 0.3 is 0 Å². The van der Waals surface area contributed by atoms with Gasteiger partial charge in [0.25, 0.3) is 0 Å². The molecule has 0 spiro atoms. The Kier molecular flexibility index (Phi) is 7.57. The largest absolute Gasteiger partial charge is 0.330 e. The number of thioether (sulfide) groups is 1. The van der Waals surface area contributed by atoms with Crippen LogP contribution in [-0.4, -0.2) is 42.3 Å². The zero-order valence-electron chi connectivity index (χ0n) is 12.1. The molecule has 20 heavy (non-hydrogen) atoms. The van der Waals surface area contributed by atoms with E-state index in [1.807, 2.05) is 18.7 Å². The maximum atomic E-state index is 12.2. The molecule has 8 heteroatoms. The van der Waals surface area contributed by atoms with Gasteiger partial charge in [0, 0.05) is 18.8 Å². The van der Waals surface area contributed by atoms with Crippen LogP contribution in [0.15, 0.2) is 17.3 Å². The quantitative estimate of drug-likeness (QED) is 0.629. The Hall–Kier alpha value is -0.570. The molecule has 0 bridgehead atoms. The molecule has 0 radical (unpaired) electrons. The highest BCUT2D eigenvalue weighted by atomic mass is 32.2. The van der Waals surface area contributed by atoms with Gasteiger partial charge in [0.05, 0.1) is 6.20 Å². The number of nitrogens with one attached hydrogen (secondary N) is 1. The second-order valence-corrected chi connectivity index (χ2v) is 7.70. The number of rotatable bonds is 10. The van der Waals surface area contributed by atoms with Gasteiger partial charge in [-0.2, -0.15) is 16.9 Å². The van der Waals surface area contributed by atoms with Crippen LogP contribution in [0.1, 0.15) is 26.7 Å². The molecule has 1 atom stereocenters. The molecule has 0 saturated carbocycles. The van der Waals surface area contributed by atoms with Gasteiger partial charge in [-0.15, -0.1) is 0 Å². The molecule has 3 N–H and O–H groups in total. The van der Waals surface area contributed by atoms with Crippen LogP contribution < -0.4 is 10.5 Å². The second kappa shape index (κ2) is 8.66. The first-order valence-corrected chi connectivity index (χ1v) is 9.46. The lowest BCUT2D eigenvalue weighted by molar-refractivity contribution is 0.555. The third-order valence-corrected chi connectivity index (χ3v) is 5.24. The van der Waals surface area contributed by atoms with Crippen molar-refractivity contribution < 1.29 is 8.42 Å². The fourth-order valence-electron chi connectivity index (χ4n) is 1.66. The summed E-state index contributed by atoms with van der Waals surface area (Å²) in [5.74, 6) is 2.00. The SMILES string of the molecule is CCSCCC(C)NS(=O)(=O)c1cnn(CCCN)c1. The van der Waals surface area contributed by atoms with E-state index in [1.165, 1.54) is 6.20 Å². The number of hydrogen-bond donors (Lipinski definition) is 2. The summed E-state index contributed by atoms with van der Waals surface area (Å²) in [5, 5.41) is 4.04. The van der Waals surface area contributed by atoms with Crippen molar-refractivity contribution >= 4 is 21.8 Å². The van der Waals surface area contributed by atoms with Gasteiger partial charge in [-0.25, -0.2) is 13.1 Å². The molecular weight excluding hydrogens is 296 g/mol. The molecule has 1 aromatic heterocycles. The minimum absolute atomic E-state index is 0.0774. The monoisotopic (exact) mass is 320 g/mol. The molecule has 1 heterocycles.